The summed E-state index contributed by atoms with van der Waals surface area (Å²) in [6.45, 7) is 4.63. The van der Waals surface area contributed by atoms with Crippen LogP contribution in [0.4, 0.5) is 0 Å². The van der Waals surface area contributed by atoms with Crippen LogP contribution in [0.2, 0.25) is 0 Å². The van der Waals surface area contributed by atoms with Crippen molar-refractivity contribution in [1.82, 2.24) is 9.88 Å². The number of hydrogen-bond acceptors (Lipinski definition) is 4. The second kappa shape index (κ2) is 5.46. The SMILES string of the molecule is CCN1CCCC1Cc1ncc(CCO)o1. The zero-order valence-corrected chi connectivity index (χ0v) is 9.85. The molecule has 2 rings (SSSR count). The highest BCUT2D eigenvalue weighted by atomic mass is 16.4. The quantitative estimate of drug-likeness (QED) is 0.817. The molecular formula is C12H20N2O2. The number of aromatic nitrogens is 1. The van der Waals surface area contributed by atoms with Gasteiger partial charge >= 0.3 is 0 Å². The van der Waals surface area contributed by atoms with Crippen molar-refractivity contribution in [2.24, 2.45) is 0 Å². The van der Waals surface area contributed by atoms with Crippen LogP contribution in [0, 0.1) is 0 Å². The molecule has 2 heterocycles. The number of hydrogen-bond donors (Lipinski definition) is 1. The number of likely N-dealkylation sites (tertiary alicyclic amines) is 1. The molecule has 4 heteroatoms. The number of likely N-dealkylation sites (N-methyl/N-ethyl adjacent to an activating group) is 1. The van der Waals surface area contributed by atoms with Gasteiger partial charge in [-0.3, -0.25) is 0 Å². The van der Waals surface area contributed by atoms with E-state index >= 15 is 0 Å². The van der Waals surface area contributed by atoms with Gasteiger partial charge in [0.2, 0.25) is 0 Å². The zero-order chi connectivity index (χ0) is 11.4. The Balaban J connectivity index is 1.92. The van der Waals surface area contributed by atoms with Crippen molar-refractivity contribution >= 4 is 0 Å². The van der Waals surface area contributed by atoms with Gasteiger partial charge in [-0.05, 0) is 25.9 Å². The molecule has 0 aliphatic carbocycles. The molecule has 1 fully saturated rings. The summed E-state index contributed by atoms with van der Waals surface area (Å²) in [6.07, 6.45) is 5.72. The third-order valence-electron chi connectivity index (χ3n) is 3.28. The smallest absolute Gasteiger partial charge is 0.195 e. The fraction of sp³-hybridized carbons (Fsp3) is 0.750. The molecule has 0 aromatic carbocycles. The highest BCUT2D eigenvalue weighted by Gasteiger charge is 2.24. The molecule has 1 aromatic rings. The summed E-state index contributed by atoms with van der Waals surface area (Å²) in [4.78, 5) is 6.74. The maximum absolute atomic E-state index is 8.80. The third kappa shape index (κ3) is 2.62. The van der Waals surface area contributed by atoms with Crippen LogP contribution >= 0.6 is 0 Å². The van der Waals surface area contributed by atoms with E-state index in [1.165, 1.54) is 19.4 Å². The van der Waals surface area contributed by atoms with Crippen LogP contribution in [0.5, 0.6) is 0 Å². The first-order valence-electron chi connectivity index (χ1n) is 6.12. The van der Waals surface area contributed by atoms with Crippen LogP contribution in [-0.2, 0) is 12.8 Å². The molecule has 1 N–H and O–H groups in total. The molecule has 1 aliphatic heterocycles. The van der Waals surface area contributed by atoms with Crippen LogP contribution in [0.1, 0.15) is 31.4 Å². The highest BCUT2D eigenvalue weighted by Crippen LogP contribution is 2.20. The molecule has 0 bridgehead atoms. The van der Waals surface area contributed by atoms with E-state index in [4.69, 9.17) is 9.52 Å². The Morgan fingerprint density at radius 1 is 1.62 bits per heavy atom. The van der Waals surface area contributed by atoms with Gasteiger partial charge in [0.1, 0.15) is 5.76 Å². The Kier molecular flexibility index (Phi) is 3.96. The second-order valence-electron chi connectivity index (χ2n) is 4.32. The van der Waals surface area contributed by atoms with E-state index in [-0.39, 0.29) is 6.61 Å². The first-order valence-corrected chi connectivity index (χ1v) is 6.12. The number of aliphatic hydroxyl groups excluding tert-OH is 1. The van der Waals surface area contributed by atoms with Crippen molar-refractivity contribution in [3.05, 3.63) is 17.8 Å². The number of aliphatic hydroxyl groups is 1. The topological polar surface area (TPSA) is 49.5 Å². The van der Waals surface area contributed by atoms with Crippen molar-refractivity contribution in [1.29, 1.82) is 0 Å². The van der Waals surface area contributed by atoms with Gasteiger partial charge in [-0.25, -0.2) is 4.98 Å². The first-order chi connectivity index (χ1) is 7.83. The van der Waals surface area contributed by atoms with Crippen molar-refractivity contribution in [3.8, 4) is 0 Å². The lowest BCUT2D eigenvalue weighted by Crippen LogP contribution is -2.30. The summed E-state index contributed by atoms with van der Waals surface area (Å²) < 4.78 is 5.58. The van der Waals surface area contributed by atoms with Gasteiger partial charge in [-0.2, -0.15) is 0 Å². The normalized spacial score (nSPS) is 21.8. The van der Waals surface area contributed by atoms with Crippen LogP contribution < -0.4 is 0 Å². The summed E-state index contributed by atoms with van der Waals surface area (Å²) in [5.41, 5.74) is 0. The molecule has 0 spiro atoms. The summed E-state index contributed by atoms with van der Waals surface area (Å²) in [5.74, 6) is 1.60. The molecule has 0 saturated carbocycles. The summed E-state index contributed by atoms with van der Waals surface area (Å²) in [6, 6.07) is 0.589. The molecule has 1 unspecified atom stereocenters. The second-order valence-corrected chi connectivity index (χ2v) is 4.32. The van der Waals surface area contributed by atoms with Crippen LogP contribution in [0.3, 0.4) is 0 Å². The zero-order valence-electron chi connectivity index (χ0n) is 9.85. The molecule has 90 valence electrons. The van der Waals surface area contributed by atoms with E-state index in [1.807, 2.05) is 0 Å². The van der Waals surface area contributed by atoms with Gasteiger partial charge in [0.25, 0.3) is 0 Å². The van der Waals surface area contributed by atoms with Crippen LogP contribution in [0.25, 0.3) is 0 Å². The Morgan fingerprint density at radius 3 is 3.25 bits per heavy atom. The third-order valence-corrected chi connectivity index (χ3v) is 3.28. The molecule has 1 atom stereocenters. The minimum absolute atomic E-state index is 0.124. The molecule has 0 radical (unpaired) electrons. The van der Waals surface area contributed by atoms with Crippen molar-refractivity contribution in [3.63, 3.8) is 0 Å². The van der Waals surface area contributed by atoms with E-state index in [0.29, 0.717) is 12.5 Å². The van der Waals surface area contributed by atoms with Crippen molar-refractivity contribution in [2.45, 2.75) is 38.6 Å². The molecule has 1 saturated heterocycles. The van der Waals surface area contributed by atoms with Crippen molar-refractivity contribution < 1.29 is 9.52 Å². The maximum atomic E-state index is 8.80. The van der Waals surface area contributed by atoms with E-state index < -0.39 is 0 Å². The average molecular weight is 224 g/mol. The lowest BCUT2D eigenvalue weighted by molar-refractivity contribution is 0.249. The molecule has 1 aliphatic rings. The molecule has 4 nitrogen and oxygen atoms in total. The Hall–Kier alpha value is -0.870. The minimum atomic E-state index is 0.124. The standard InChI is InChI=1S/C12H20N2O2/c1-2-14-6-3-4-10(14)8-12-13-9-11(16-12)5-7-15/h9-10,15H,2-8H2,1H3. The number of nitrogens with zero attached hydrogens (tertiary/aromatic N) is 2. The van der Waals surface area contributed by atoms with Crippen LogP contribution in [-0.4, -0.2) is 40.7 Å². The van der Waals surface area contributed by atoms with E-state index in [1.54, 1.807) is 6.20 Å². The minimum Gasteiger partial charge on any atom is -0.446 e. The maximum Gasteiger partial charge on any atom is 0.195 e. The Bertz CT molecular complexity index is 325. The summed E-state index contributed by atoms with van der Waals surface area (Å²) >= 11 is 0. The molecular weight excluding hydrogens is 204 g/mol. The fourth-order valence-corrected chi connectivity index (χ4v) is 2.41. The predicted octanol–water partition coefficient (Wildman–Crippen LogP) is 1.24. The highest BCUT2D eigenvalue weighted by molar-refractivity contribution is 4.97. The first kappa shape index (κ1) is 11.6. The van der Waals surface area contributed by atoms with Gasteiger partial charge < -0.3 is 14.4 Å². The van der Waals surface area contributed by atoms with Gasteiger partial charge in [0.05, 0.1) is 12.8 Å². The monoisotopic (exact) mass is 224 g/mol. The summed E-state index contributed by atoms with van der Waals surface area (Å²) in [7, 11) is 0. The molecule has 16 heavy (non-hydrogen) atoms. The lowest BCUT2D eigenvalue weighted by atomic mass is 10.1. The number of oxazole rings is 1. The van der Waals surface area contributed by atoms with Crippen molar-refractivity contribution in [2.75, 3.05) is 19.7 Å². The molecule has 0 amide bonds. The van der Waals surface area contributed by atoms with Gasteiger partial charge in [-0.15, -0.1) is 0 Å². The Labute approximate surface area is 96.3 Å². The molecule has 1 aromatic heterocycles. The van der Waals surface area contributed by atoms with Crippen LogP contribution in [0.15, 0.2) is 10.6 Å². The van der Waals surface area contributed by atoms with Gasteiger partial charge in [-0.1, -0.05) is 6.92 Å². The summed E-state index contributed by atoms with van der Waals surface area (Å²) in [5, 5.41) is 8.80. The predicted molar refractivity (Wildman–Crippen MR) is 61.3 cm³/mol. The number of rotatable bonds is 5. The lowest BCUT2D eigenvalue weighted by Gasteiger charge is -2.21. The fourth-order valence-electron chi connectivity index (χ4n) is 2.41. The van der Waals surface area contributed by atoms with Gasteiger partial charge in [0, 0.05) is 18.9 Å². The van der Waals surface area contributed by atoms with E-state index in [9.17, 15) is 0 Å². The van der Waals surface area contributed by atoms with Gasteiger partial charge in [0.15, 0.2) is 5.89 Å². The average Bonchev–Trinajstić information content (AvgIpc) is 2.89. The largest absolute Gasteiger partial charge is 0.446 e. The van der Waals surface area contributed by atoms with E-state index in [0.717, 1.165) is 24.6 Å². The Morgan fingerprint density at radius 2 is 2.50 bits per heavy atom. The van der Waals surface area contributed by atoms with E-state index in [2.05, 4.69) is 16.8 Å².